The van der Waals surface area contributed by atoms with Crippen molar-refractivity contribution in [3.8, 4) is 0 Å². The average molecular weight is 305 g/mol. The van der Waals surface area contributed by atoms with Gasteiger partial charge >= 0.3 is 5.76 Å². The standard InChI is InChI=1S/C14H15N3O5/c18-13(15-9-3-4-9)2-1-7-16-11-6-5-10(17(20)21)8-12(11)22-14(16)19/h5-6,8-9H,1-4,7H2,(H,15,18). The molecular formula is C14H15N3O5. The molecule has 0 unspecified atom stereocenters. The number of fused-ring (bicyclic) bond motifs is 1. The zero-order valence-corrected chi connectivity index (χ0v) is 11.8. The van der Waals surface area contributed by atoms with Gasteiger partial charge < -0.3 is 9.73 Å². The monoisotopic (exact) mass is 305 g/mol. The summed E-state index contributed by atoms with van der Waals surface area (Å²) in [6.45, 7) is 0.335. The molecule has 1 N–H and O–H groups in total. The second kappa shape index (κ2) is 5.63. The maximum atomic E-state index is 11.8. The molecule has 1 fully saturated rings. The number of non-ortho nitro benzene ring substituents is 1. The van der Waals surface area contributed by atoms with E-state index in [2.05, 4.69) is 5.32 Å². The number of nitrogens with zero attached hydrogens (tertiary/aromatic N) is 2. The normalized spacial score (nSPS) is 14.2. The van der Waals surface area contributed by atoms with E-state index in [4.69, 9.17) is 4.42 Å². The fraction of sp³-hybridized carbons (Fsp3) is 0.429. The molecule has 1 aliphatic carbocycles. The van der Waals surface area contributed by atoms with Crippen molar-refractivity contribution in [3.63, 3.8) is 0 Å². The molecule has 0 bridgehead atoms. The number of oxazole rings is 1. The quantitative estimate of drug-likeness (QED) is 0.643. The lowest BCUT2D eigenvalue weighted by molar-refractivity contribution is -0.384. The molecule has 8 heteroatoms. The van der Waals surface area contributed by atoms with Crippen LogP contribution < -0.4 is 11.1 Å². The van der Waals surface area contributed by atoms with Crippen LogP contribution in [0.2, 0.25) is 0 Å². The van der Waals surface area contributed by atoms with Crippen molar-refractivity contribution < 1.29 is 14.1 Å². The minimum absolute atomic E-state index is 0.0148. The Morgan fingerprint density at radius 2 is 2.23 bits per heavy atom. The molecule has 1 aromatic heterocycles. The highest BCUT2D eigenvalue weighted by Gasteiger charge is 2.23. The minimum Gasteiger partial charge on any atom is -0.407 e. The Labute approximate surface area is 124 Å². The van der Waals surface area contributed by atoms with Crippen LogP contribution >= 0.6 is 0 Å². The number of nitro benzene ring substituents is 1. The first-order valence-electron chi connectivity index (χ1n) is 7.12. The number of nitro groups is 1. The van der Waals surface area contributed by atoms with Gasteiger partial charge in [0.25, 0.3) is 5.69 Å². The van der Waals surface area contributed by atoms with Gasteiger partial charge in [0.1, 0.15) is 0 Å². The molecule has 0 atom stereocenters. The number of hydrogen-bond acceptors (Lipinski definition) is 5. The Kier molecular flexibility index (Phi) is 3.66. The van der Waals surface area contributed by atoms with E-state index in [1.54, 1.807) is 0 Å². The minimum atomic E-state index is -0.571. The highest BCUT2D eigenvalue weighted by Crippen LogP contribution is 2.21. The third-order valence-corrected chi connectivity index (χ3v) is 3.59. The van der Waals surface area contributed by atoms with E-state index in [0.29, 0.717) is 30.9 Å². The van der Waals surface area contributed by atoms with E-state index in [1.807, 2.05) is 0 Å². The summed E-state index contributed by atoms with van der Waals surface area (Å²) in [6.07, 6.45) is 2.92. The van der Waals surface area contributed by atoms with Crippen LogP contribution in [0.15, 0.2) is 27.4 Å². The Morgan fingerprint density at radius 1 is 1.45 bits per heavy atom. The Bertz CT molecular complexity index is 787. The number of nitrogens with one attached hydrogen (secondary N) is 1. The van der Waals surface area contributed by atoms with Crippen molar-refractivity contribution in [2.75, 3.05) is 0 Å². The van der Waals surface area contributed by atoms with Gasteiger partial charge in [-0.1, -0.05) is 0 Å². The van der Waals surface area contributed by atoms with E-state index < -0.39 is 10.7 Å². The fourth-order valence-electron chi connectivity index (χ4n) is 2.31. The molecule has 1 saturated carbocycles. The van der Waals surface area contributed by atoms with Gasteiger partial charge in [-0.2, -0.15) is 0 Å². The number of amides is 1. The molecule has 0 aliphatic heterocycles. The summed E-state index contributed by atoms with van der Waals surface area (Å²) in [5.74, 6) is -0.586. The van der Waals surface area contributed by atoms with Crippen LogP contribution in [0.5, 0.6) is 0 Å². The third kappa shape index (κ3) is 3.00. The van der Waals surface area contributed by atoms with Crippen molar-refractivity contribution in [1.29, 1.82) is 0 Å². The van der Waals surface area contributed by atoms with E-state index >= 15 is 0 Å². The van der Waals surface area contributed by atoms with Gasteiger partial charge in [-0.25, -0.2) is 4.79 Å². The maximum absolute atomic E-state index is 11.8. The molecule has 1 aromatic carbocycles. The molecule has 1 heterocycles. The van der Waals surface area contributed by atoms with Crippen molar-refractivity contribution in [1.82, 2.24) is 9.88 Å². The number of rotatable bonds is 6. The van der Waals surface area contributed by atoms with Crippen LogP contribution in [-0.2, 0) is 11.3 Å². The van der Waals surface area contributed by atoms with Crippen LogP contribution in [0.3, 0.4) is 0 Å². The maximum Gasteiger partial charge on any atom is 0.419 e. The van der Waals surface area contributed by atoms with E-state index in [1.165, 1.54) is 22.8 Å². The summed E-state index contributed by atoms with van der Waals surface area (Å²) in [5, 5.41) is 13.6. The highest BCUT2D eigenvalue weighted by molar-refractivity contribution is 5.77. The zero-order chi connectivity index (χ0) is 15.7. The molecule has 0 saturated heterocycles. The van der Waals surface area contributed by atoms with Crippen molar-refractivity contribution in [3.05, 3.63) is 38.9 Å². The molecule has 8 nitrogen and oxygen atoms in total. The molecular weight excluding hydrogens is 290 g/mol. The summed E-state index contributed by atoms with van der Waals surface area (Å²) >= 11 is 0. The predicted molar refractivity (Wildman–Crippen MR) is 77.5 cm³/mol. The highest BCUT2D eigenvalue weighted by atomic mass is 16.6. The SMILES string of the molecule is O=C(CCCn1c(=O)oc2cc([N+](=O)[O-])ccc21)NC1CC1. The lowest BCUT2D eigenvalue weighted by Gasteiger charge is -2.04. The van der Waals surface area contributed by atoms with Crippen LogP contribution in [0.4, 0.5) is 5.69 Å². The molecule has 0 radical (unpaired) electrons. The van der Waals surface area contributed by atoms with Gasteiger partial charge in [0.05, 0.1) is 16.5 Å². The third-order valence-electron chi connectivity index (χ3n) is 3.59. The number of aryl methyl sites for hydroxylation is 1. The van der Waals surface area contributed by atoms with Crippen molar-refractivity contribution in [2.24, 2.45) is 0 Å². The summed E-state index contributed by atoms with van der Waals surface area (Å²) in [4.78, 5) is 33.6. The van der Waals surface area contributed by atoms with Crippen molar-refractivity contribution >= 4 is 22.7 Å². The second-order valence-electron chi connectivity index (χ2n) is 5.37. The Hall–Kier alpha value is -2.64. The molecule has 1 aliphatic rings. The second-order valence-corrected chi connectivity index (χ2v) is 5.37. The molecule has 116 valence electrons. The van der Waals surface area contributed by atoms with Crippen molar-refractivity contribution in [2.45, 2.75) is 38.3 Å². The van der Waals surface area contributed by atoms with Gasteiger partial charge in [-0.05, 0) is 25.3 Å². The Morgan fingerprint density at radius 3 is 2.91 bits per heavy atom. The van der Waals surface area contributed by atoms with E-state index in [9.17, 15) is 19.7 Å². The smallest absolute Gasteiger partial charge is 0.407 e. The van der Waals surface area contributed by atoms with Gasteiger partial charge in [0.2, 0.25) is 5.91 Å². The van der Waals surface area contributed by atoms with Gasteiger partial charge in [0, 0.05) is 25.1 Å². The van der Waals surface area contributed by atoms with Gasteiger partial charge in [-0.15, -0.1) is 0 Å². The molecule has 3 rings (SSSR count). The summed E-state index contributed by atoms with van der Waals surface area (Å²) < 4.78 is 6.42. The van der Waals surface area contributed by atoms with Crippen LogP contribution in [0, 0.1) is 10.1 Å². The van der Waals surface area contributed by atoms with Gasteiger partial charge in [-0.3, -0.25) is 19.5 Å². The van der Waals surface area contributed by atoms with Gasteiger partial charge in [0.15, 0.2) is 5.58 Å². The van der Waals surface area contributed by atoms with Crippen LogP contribution in [-0.4, -0.2) is 21.4 Å². The summed E-state index contributed by atoms with van der Waals surface area (Å²) in [5.41, 5.74) is 0.553. The fourth-order valence-corrected chi connectivity index (χ4v) is 2.31. The number of carbonyl (C=O) groups is 1. The molecule has 0 spiro atoms. The largest absolute Gasteiger partial charge is 0.419 e. The zero-order valence-electron chi connectivity index (χ0n) is 11.8. The first kappa shape index (κ1) is 14.3. The first-order chi connectivity index (χ1) is 10.5. The molecule has 1 amide bonds. The van der Waals surface area contributed by atoms with Crippen LogP contribution in [0.1, 0.15) is 25.7 Å². The number of benzene rings is 1. The number of aromatic nitrogens is 1. The predicted octanol–water partition coefficient (Wildman–Crippen LogP) is 1.56. The number of carbonyl (C=O) groups excluding carboxylic acids is 1. The first-order valence-corrected chi connectivity index (χ1v) is 7.12. The van der Waals surface area contributed by atoms with Crippen LogP contribution in [0.25, 0.3) is 11.1 Å². The lowest BCUT2D eigenvalue weighted by Crippen LogP contribution is -2.25. The molecule has 22 heavy (non-hydrogen) atoms. The average Bonchev–Trinajstić information content (AvgIpc) is 3.22. The topological polar surface area (TPSA) is 107 Å². The Balaban J connectivity index is 1.70. The van der Waals surface area contributed by atoms with E-state index in [-0.39, 0.29) is 17.2 Å². The number of hydrogen-bond donors (Lipinski definition) is 1. The molecule has 2 aromatic rings. The summed E-state index contributed by atoms with van der Waals surface area (Å²) in [7, 11) is 0. The van der Waals surface area contributed by atoms with E-state index in [0.717, 1.165) is 12.8 Å². The lowest BCUT2D eigenvalue weighted by atomic mass is 10.2. The summed E-state index contributed by atoms with van der Waals surface area (Å²) in [6, 6.07) is 4.37.